The summed E-state index contributed by atoms with van der Waals surface area (Å²) in [6, 6.07) is 19.1. The molecule has 2 aromatic carbocycles. The summed E-state index contributed by atoms with van der Waals surface area (Å²) >= 11 is 0. The number of methoxy groups -OCH3 is 1. The number of carbonyl (C=O) groups is 1. The third-order valence-electron chi connectivity index (χ3n) is 4.10. The maximum atomic E-state index is 11.9. The Hall–Kier alpha value is -2.43. The van der Waals surface area contributed by atoms with E-state index in [0.29, 0.717) is 19.6 Å². The summed E-state index contributed by atoms with van der Waals surface area (Å²) in [4.78, 5) is 11.9. The molecule has 0 amide bonds. The molecule has 0 bridgehead atoms. The third-order valence-corrected chi connectivity index (χ3v) is 4.10. The van der Waals surface area contributed by atoms with E-state index in [0.717, 1.165) is 11.1 Å². The van der Waals surface area contributed by atoms with E-state index in [9.17, 15) is 9.90 Å². The lowest BCUT2D eigenvalue weighted by atomic mass is 9.87. The molecule has 2 rings (SSSR count). The van der Waals surface area contributed by atoms with Crippen LogP contribution in [0.2, 0.25) is 0 Å². The molecule has 0 aliphatic heterocycles. The number of aliphatic hydroxyl groups is 1. The Morgan fingerprint density at radius 2 is 1.68 bits per heavy atom. The Balaban J connectivity index is 1.99. The van der Waals surface area contributed by atoms with E-state index in [1.807, 2.05) is 60.7 Å². The van der Waals surface area contributed by atoms with E-state index >= 15 is 0 Å². The normalized spacial score (nSPS) is 13.0. The molecule has 2 atom stereocenters. The van der Waals surface area contributed by atoms with Crippen molar-refractivity contribution in [1.29, 1.82) is 0 Å². The van der Waals surface area contributed by atoms with Crippen molar-refractivity contribution in [3.05, 3.63) is 83.9 Å². The first kappa shape index (κ1) is 18.9. The van der Waals surface area contributed by atoms with Gasteiger partial charge in [-0.3, -0.25) is 0 Å². The van der Waals surface area contributed by atoms with Gasteiger partial charge < -0.3 is 14.6 Å². The van der Waals surface area contributed by atoms with Crippen molar-refractivity contribution in [3.63, 3.8) is 0 Å². The number of esters is 1. The van der Waals surface area contributed by atoms with Crippen LogP contribution in [0, 0.1) is 5.92 Å². The largest absolute Gasteiger partial charge is 0.466 e. The topological polar surface area (TPSA) is 55.8 Å². The van der Waals surface area contributed by atoms with Crippen molar-refractivity contribution >= 4 is 5.97 Å². The Morgan fingerprint density at radius 1 is 1.08 bits per heavy atom. The zero-order chi connectivity index (χ0) is 18.1. The highest BCUT2D eigenvalue weighted by molar-refractivity contribution is 5.88. The van der Waals surface area contributed by atoms with Crippen molar-refractivity contribution in [2.45, 2.75) is 19.1 Å². The highest BCUT2D eigenvalue weighted by atomic mass is 16.5. The van der Waals surface area contributed by atoms with Gasteiger partial charge in [-0.2, -0.15) is 0 Å². The third kappa shape index (κ3) is 5.55. The van der Waals surface area contributed by atoms with E-state index < -0.39 is 18.0 Å². The molecule has 2 aromatic rings. The van der Waals surface area contributed by atoms with Crippen LogP contribution in [0.1, 0.15) is 23.7 Å². The number of hydrogen-bond donors (Lipinski definition) is 1. The molecule has 1 N–H and O–H groups in total. The minimum Gasteiger partial charge on any atom is -0.466 e. The molecule has 0 saturated heterocycles. The van der Waals surface area contributed by atoms with Crippen LogP contribution >= 0.6 is 0 Å². The predicted molar refractivity (Wildman–Crippen MR) is 96.8 cm³/mol. The average molecular weight is 340 g/mol. The fourth-order valence-corrected chi connectivity index (χ4v) is 2.66. The van der Waals surface area contributed by atoms with Crippen molar-refractivity contribution in [2.75, 3.05) is 13.7 Å². The van der Waals surface area contributed by atoms with E-state index in [4.69, 9.17) is 9.47 Å². The predicted octanol–water partition coefficient (Wildman–Crippen LogP) is 3.67. The average Bonchev–Trinajstić information content (AvgIpc) is 2.68. The molecular weight excluding hydrogens is 316 g/mol. The number of benzene rings is 2. The molecule has 0 heterocycles. The lowest BCUT2D eigenvalue weighted by Crippen LogP contribution is -2.22. The molecule has 0 radical (unpaired) electrons. The number of hydrogen-bond acceptors (Lipinski definition) is 4. The lowest BCUT2D eigenvalue weighted by Gasteiger charge is -2.24. The van der Waals surface area contributed by atoms with E-state index in [-0.39, 0.29) is 5.57 Å². The minimum absolute atomic E-state index is 0.252. The van der Waals surface area contributed by atoms with Crippen LogP contribution in [0.3, 0.4) is 0 Å². The van der Waals surface area contributed by atoms with Gasteiger partial charge in [0, 0.05) is 18.1 Å². The quantitative estimate of drug-likeness (QED) is 0.430. The molecule has 0 spiro atoms. The first-order chi connectivity index (χ1) is 12.1. The fourth-order valence-electron chi connectivity index (χ4n) is 2.66. The van der Waals surface area contributed by atoms with Crippen LogP contribution in [0.25, 0.3) is 0 Å². The van der Waals surface area contributed by atoms with Gasteiger partial charge in [-0.25, -0.2) is 4.79 Å². The maximum Gasteiger partial charge on any atom is 0.333 e. The maximum absolute atomic E-state index is 11.9. The molecule has 0 saturated carbocycles. The van der Waals surface area contributed by atoms with Gasteiger partial charge in [0.25, 0.3) is 0 Å². The Labute approximate surface area is 148 Å². The summed E-state index contributed by atoms with van der Waals surface area (Å²) in [6.45, 7) is 4.71. The van der Waals surface area contributed by atoms with Gasteiger partial charge in [0.1, 0.15) is 0 Å². The van der Waals surface area contributed by atoms with Crippen molar-refractivity contribution < 1.29 is 19.4 Å². The molecule has 25 heavy (non-hydrogen) atoms. The monoisotopic (exact) mass is 340 g/mol. The number of carbonyl (C=O) groups excluding carboxylic acids is 1. The minimum atomic E-state index is -0.840. The van der Waals surface area contributed by atoms with Crippen LogP contribution < -0.4 is 0 Å². The molecule has 0 aliphatic carbocycles. The first-order valence-electron chi connectivity index (χ1n) is 8.25. The molecule has 4 heteroatoms. The summed E-state index contributed by atoms with van der Waals surface area (Å²) in [5.41, 5.74) is 2.07. The summed E-state index contributed by atoms with van der Waals surface area (Å²) in [7, 11) is 1.31. The van der Waals surface area contributed by atoms with Gasteiger partial charge in [0.05, 0.1) is 19.8 Å². The first-order valence-corrected chi connectivity index (χ1v) is 8.25. The Kier molecular flexibility index (Phi) is 7.38. The van der Waals surface area contributed by atoms with Crippen LogP contribution in [-0.4, -0.2) is 24.8 Å². The number of aliphatic hydroxyl groups excluding tert-OH is 1. The van der Waals surface area contributed by atoms with Gasteiger partial charge in [0.15, 0.2) is 0 Å². The standard InChI is InChI=1S/C21H24O4/c1-16(21(23)24-2)19(20(22)18-11-7-4-8-12-18)13-14-25-15-17-9-5-3-6-10-17/h3-12,19-20,22H,1,13-15H2,2H3/t19-,20-/m1/s1. The molecule has 0 aliphatic rings. The highest BCUT2D eigenvalue weighted by Crippen LogP contribution is 2.30. The smallest absolute Gasteiger partial charge is 0.333 e. The van der Waals surface area contributed by atoms with Crippen LogP contribution in [0.5, 0.6) is 0 Å². The van der Waals surface area contributed by atoms with Gasteiger partial charge in [-0.05, 0) is 17.5 Å². The number of rotatable bonds is 9. The molecule has 0 aromatic heterocycles. The highest BCUT2D eigenvalue weighted by Gasteiger charge is 2.27. The molecular formula is C21H24O4. The fraction of sp³-hybridized carbons (Fsp3) is 0.286. The molecule has 0 fully saturated rings. The molecule has 132 valence electrons. The zero-order valence-electron chi connectivity index (χ0n) is 14.4. The van der Waals surface area contributed by atoms with Crippen molar-refractivity contribution in [2.24, 2.45) is 5.92 Å². The van der Waals surface area contributed by atoms with Crippen LogP contribution in [-0.2, 0) is 20.9 Å². The summed E-state index contributed by atoms with van der Waals surface area (Å²) < 4.78 is 10.5. The second kappa shape index (κ2) is 9.77. The molecule has 0 unspecified atom stereocenters. The van der Waals surface area contributed by atoms with Gasteiger partial charge >= 0.3 is 5.97 Å². The van der Waals surface area contributed by atoms with E-state index in [1.54, 1.807) is 0 Å². The SMILES string of the molecule is C=C(C(=O)OC)[C@@H](CCOCc1ccccc1)[C@H](O)c1ccccc1. The van der Waals surface area contributed by atoms with E-state index in [1.165, 1.54) is 7.11 Å². The van der Waals surface area contributed by atoms with Crippen molar-refractivity contribution in [3.8, 4) is 0 Å². The summed E-state index contributed by atoms with van der Waals surface area (Å²) in [5, 5.41) is 10.7. The summed E-state index contributed by atoms with van der Waals surface area (Å²) in [5.74, 6) is -0.978. The Bertz CT molecular complexity index is 667. The second-order valence-electron chi connectivity index (χ2n) is 5.81. The zero-order valence-corrected chi connectivity index (χ0v) is 14.4. The van der Waals surface area contributed by atoms with Crippen molar-refractivity contribution in [1.82, 2.24) is 0 Å². The van der Waals surface area contributed by atoms with E-state index in [2.05, 4.69) is 6.58 Å². The van der Waals surface area contributed by atoms with Crippen LogP contribution in [0.4, 0.5) is 0 Å². The second-order valence-corrected chi connectivity index (χ2v) is 5.81. The summed E-state index contributed by atoms with van der Waals surface area (Å²) in [6.07, 6.45) is -0.371. The van der Waals surface area contributed by atoms with Gasteiger partial charge in [0.2, 0.25) is 0 Å². The van der Waals surface area contributed by atoms with Gasteiger partial charge in [-0.15, -0.1) is 0 Å². The van der Waals surface area contributed by atoms with Crippen LogP contribution in [0.15, 0.2) is 72.8 Å². The van der Waals surface area contributed by atoms with Gasteiger partial charge in [-0.1, -0.05) is 67.2 Å². The Morgan fingerprint density at radius 3 is 2.28 bits per heavy atom. The number of ether oxygens (including phenoxy) is 2. The lowest BCUT2D eigenvalue weighted by molar-refractivity contribution is -0.137. The molecule has 4 nitrogen and oxygen atoms in total.